The molecular formula is C17H16ClNO2. The Morgan fingerprint density at radius 2 is 1.86 bits per heavy atom. The highest BCUT2D eigenvalue weighted by molar-refractivity contribution is 6.32. The maximum absolute atomic E-state index is 11.8. The van der Waals surface area contributed by atoms with E-state index in [1.807, 2.05) is 48.5 Å². The van der Waals surface area contributed by atoms with Gasteiger partial charge in [-0.25, -0.2) is 0 Å². The molecule has 0 aliphatic carbocycles. The van der Waals surface area contributed by atoms with Crippen molar-refractivity contribution in [3.05, 3.63) is 53.6 Å². The molecule has 0 aromatic heterocycles. The van der Waals surface area contributed by atoms with Crippen LogP contribution in [0.3, 0.4) is 0 Å². The third-order valence-corrected chi connectivity index (χ3v) is 3.89. The smallest absolute Gasteiger partial charge is 0.260 e. The zero-order chi connectivity index (χ0) is 14.7. The molecule has 3 rings (SSSR count). The Balaban J connectivity index is 1.68. The lowest BCUT2D eigenvalue weighted by Crippen LogP contribution is -2.44. The van der Waals surface area contributed by atoms with Gasteiger partial charge in [-0.05, 0) is 29.7 Å². The highest BCUT2D eigenvalue weighted by atomic mass is 35.5. The van der Waals surface area contributed by atoms with Crippen LogP contribution in [0.1, 0.15) is 6.42 Å². The topological polar surface area (TPSA) is 29.5 Å². The van der Waals surface area contributed by atoms with E-state index in [0.717, 1.165) is 30.6 Å². The number of hydrogen-bond acceptors (Lipinski definition) is 2. The standard InChI is InChI=1S/C17H16ClNO2/c18-15-11-14(13-5-2-1-3-6-13)7-8-16(15)21-12-17(20)19-9-4-10-19/h1-3,5-8,11H,4,9-10,12H2. The molecule has 4 heteroatoms. The SMILES string of the molecule is O=C(COc1ccc(-c2ccccc2)cc1Cl)N1CCC1. The van der Waals surface area contributed by atoms with Gasteiger partial charge in [0.15, 0.2) is 6.61 Å². The second kappa shape index (κ2) is 6.19. The molecule has 1 amide bonds. The predicted octanol–water partition coefficient (Wildman–Crippen LogP) is 3.62. The number of carbonyl (C=O) groups is 1. The average molecular weight is 302 g/mol. The van der Waals surface area contributed by atoms with Crippen molar-refractivity contribution in [3.8, 4) is 16.9 Å². The molecule has 0 bridgehead atoms. The normalized spacial score (nSPS) is 13.7. The van der Waals surface area contributed by atoms with E-state index in [4.69, 9.17) is 16.3 Å². The summed E-state index contributed by atoms with van der Waals surface area (Å²) in [6.07, 6.45) is 1.08. The van der Waals surface area contributed by atoms with Crippen LogP contribution in [0.5, 0.6) is 5.75 Å². The van der Waals surface area contributed by atoms with E-state index >= 15 is 0 Å². The molecule has 1 fully saturated rings. The Morgan fingerprint density at radius 3 is 2.48 bits per heavy atom. The molecule has 1 aliphatic rings. The molecule has 0 saturated carbocycles. The van der Waals surface area contributed by atoms with Gasteiger partial charge in [-0.1, -0.05) is 48.0 Å². The number of nitrogens with zero attached hydrogens (tertiary/aromatic N) is 1. The molecular weight excluding hydrogens is 286 g/mol. The summed E-state index contributed by atoms with van der Waals surface area (Å²) in [5, 5.41) is 0.521. The molecule has 108 valence electrons. The lowest BCUT2D eigenvalue weighted by atomic mass is 10.1. The quantitative estimate of drug-likeness (QED) is 0.863. The van der Waals surface area contributed by atoms with Crippen LogP contribution in [0.2, 0.25) is 5.02 Å². The predicted molar refractivity (Wildman–Crippen MR) is 83.6 cm³/mol. The van der Waals surface area contributed by atoms with Crippen LogP contribution in [0.4, 0.5) is 0 Å². The Hall–Kier alpha value is -2.00. The second-order valence-corrected chi connectivity index (χ2v) is 5.44. The van der Waals surface area contributed by atoms with Gasteiger partial charge in [0.25, 0.3) is 5.91 Å². The number of likely N-dealkylation sites (tertiary alicyclic amines) is 1. The highest BCUT2D eigenvalue weighted by Gasteiger charge is 2.20. The van der Waals surface area contributed by atoms with Crippen molar-refractivity contribution in [2.45, 2.75) is 6.42 Å². The fourth-order valence-electron chi connectivity index (χ4n) is 2.22. The minimum Gasteiger partial charge on any atom is -0.482 e. The molecule has 1 heterocycles. The molecule has 0 unspecified atom stereocenters. The molecule has 3 nitrogen and oxygen atoms in total. The van der Waals surface area contributed by atoms with Crippen LogP contribution in [0.25, 0.3) is 11.1 Å². The highest BCUT2D eigenvalue weighted by Crippen LogP contribution is 2.30. The molecule has 0 atom stereocenters. The van der Waals surface area contributed by atoms with Gasteiger partial charge in [-0.2, -0.15) is 0 Å². The van der Waals surface area contributed by atoms with Gasteiger partial charge >= 0.3 is 0 Å². The molecule has 2 aromatic carbocycles. The number of carbonyl (C=O) groups excluding carboxylic acids is 1. The van der Waals surface area contributed by atoms with Gasteiger partial charge < -0.3 is 9.64 Å². The van der Waals surface area contributed by atoms with Crippen LogP contribution in [0, 0.1) is 0 Å². The number of halogens is 1. The average Bonchev–Trinajstić information content (AvgIpc) is 2.45. The second-order valence-electron chi connectivity index (χ2n) is 5.03. The Morgan fingerprint density at radius 1 is 1.10 bits per heavy atom. The Bertz CT molecular complexity index is 638. The van der Waals surface area contributed by atoms with Gasteiger partial charge in [0, 0.05) is 13.1 Å². The van der Waals surface area contributed by atoms with E-state index in [0.29, 0.717) is 10.8 Å². The number of hydrogen-bond donors (Lipinski definition) is 0. The molecule has 2 aromatic rings. The summed E-state index contributed by atoms with van der Waals surface area (Å²) in [7, 11) is 0. The van der Waals surface area contributed by atoms with Crippen molar-refractivity contribution in [1.82, 2.24) is 4.90 Å². The minimum atomic E-state index is 0.0180. The van der Waals surface area contributed by atoms with Crippen molar-refractivity contribution in [1.29, 1.82) is 0 Å². The largest absolute Gasteiger partial charge is 0.482 e. The zero-order valence-electron chi connectivity index (χ0n) is 11.6. The summed E-state index contributed by atoms with van der Waals surface area (Å²) in [5.74, 6) is 0.565. The lowest BCUT2D eigenvalue weighted by Gasteiger charge is -2.30. The van der Waals surface area contributed by atoms with Gasteiger partial charge in [-0.15, -0.1) is 0 Å². The van der Waals surface area contributed by atoms with E-state index in [1.165, 1.54) is 0 Å². The van der Waals surface area contributed by atoms with Crippen LogP contribution >= 0.6 is 11.6 Å². The summed E-state index contributed by atoms with van der Waals surface area (Å²) in [6.45, 7) is 1.72. The van der Waals surface area contributed by atoms with Crippen LogP contribution < -0.4 is 4.74 Å². The third-order valence-electron chi connectivity index (χ3n) is 3.60. The van der Waals surface area contributed by atoms with Crippen molar-refractivity contribution < 1.29 is 9.53 Å². The van der Waals surface area contributed by atoms with E-state index in [-0.39, 0.29) is 12.5 Å². The zero-order valence-corrected chi connectivity index (χ0v) is 12.3. The summed E-state index contributed by atoms with van der Waals surface area (Å²) in [5.41, 5.74) is 2.13. The Kier molecular flexibility index (Phi) is 4.11. The maximum Gasteiger partial charge on any atom is 0.260 e. The van der Waals surface area contributed by atoms with Gasteiger partial charge in [0.1, 0.15) is 5.75 Å². The van der Waals surface area contributed by atoms with Crippen molar-refractivity contribution in [2.75, 3.05) is 19.7 Å². The van der Waals surface area contributed by atoms with E-state index < -0.39 is 0 Å². The first-order valence-corrected chi connectivity index (χ1v) is 7.37. The molecule has 0 radical (unpaired) electrons. The summed E-state index contributed by atoms with van der Waals surface area (Å²) in [6, 6.07) is 15.6. The van der Waals surface area contributed by atoms with Crippen molar-refractivity contribution in [3.63, 3.8) is 0 Å². The van der Waals surface area contributed by atoms with Gasteiger partial charge in [0.2, 0.25) is 0 Å². The van der Waals surface area contributed by atoms with Gasteiger partial charge in [-0.3, -0.25) is 4.79 Å². The first-order valence-electron chi connectivity index (χ1n) is 6.99. The Labute approximate surface area is 129 Å². The monoisotopic (exact) mass is 301 g/mol. The summed E-state index contributed by atoms with van der Waals surface area (Å²) in [4.78, 5) is 13.5. The molecule has 0 N–H and O–H groups in total. The van der Waals surface area contributed by atoms with Crippen molar-refractivity contribution >= 4 is 17.5 Å². The fourth-order valence-corrected chi connectivity index (χ4v) is 2.46. The molecule has 1 aliphatic heterocycles. The van der Waals surface area contributed by atoms with Crippen LogP contribution in [0.15, 0.2) is 48.5 Å². The number of benzene rings is 2. The van der Waals surface area contributed by atoms with Gasteiger partial charge in [0.05, 0.1) is 5.02 Å². The fraction of sp³-hybridized carbons (Fsp3) is 0.235. The molecule has 1 saturated heterocycles. The van der Waals surface area contributed by atoms with Crippen molar-refractivity contribution in [2.24, 2.45) is 0 Å². The first-order chi connectivity index (χ1) is 10.2. The molecule has 0 spiro atoms. The molecule has 21 heavy (non-hydrogen) atoms. The minimum absolute atomic E-state index is 0.0180. The summed E-state index contributed by atoms with van der Waals surface area (Å²) < 4.78 is 5.52. The maximum atomic E-state index is 11.8. The van der Waals surface area contributed by atoms with E-state index in [1.54, 1.807) is 4.90 Å². The van der Waals surface area contributed by atoms with E-state index in [9.17, 15) is 4.79 Å². The number of ether oxygens (including phenoxy) is 1. The third kappa shape index (κ3) is 3.19. The first kappa shape index (κ1) is 14.0. The van der Waals surface area contributed by atoms with Crippen LogP contribution in [-0.4, -0.2) is 30.5 Å². The van der Waals surface area contributed by atoms with E-state index in [2.05, 4.69) is 0 Å². The summed E-state index contributed by atoms with van der Waals surface area (Å²) >= 11 is 6.24. The number of amides is 1. The lowest BCUT2D eigenvalue weighted by molar-refractivity contribution is -0.136. The number of rotatable bonds is 4. The van der Waals surface area contributed by atoms with Crippen LogP contribution in [-0.2, 0) is 4.79 Å².